The smallest absolute Gasteiger partial charge is 0.251 e. The number of imidazole rings is 1. The van der Waals surface area contributed by atoms with Gasteiger partial charge in [-0.2, -0.15) is 0 Å². The number of nitrogens with one attached hydrogen (secondary N) is 2. The van der Waals surface area contributed by atoms with E-state index >= 15 is 0 Å². The van der Waals surface area contributed by atoms with E-state index in [1.54, 1.807) is 0 Å². The second-order valence-electron chi connectivity index (χ2n) is 6.53. The van der Waals surface area contributed by atoms with Crippen molar-refractivity contribution in [2.75, 3.05) is 13.2 Å². The molecule has 3 aromatic rings. The van der Waals surface area contributed by atoms with Crippen molar-refractivity contribution in [2.45, 2.75) is 25.9 Å². The van der Waals surface area contributed by atoms with E-state index in [1.807, 2.05) is 30.3 Å². The number of aromatic nitrogens is 2. The van der Waals surface area contributed by atoms with E-state index in [-0.39, 0.29) is 12.0 Å². The molecule has 25 heavy (non-hydrogen) atoms. The number of aryl methyl sites for hydroxylation is 1. The van der Waals surface area contributed by atoms with Crippen molar-refractivity contribution in [3.63, 3.8) is 0 Å². The fraction of sp³-hybridized carbons (Fsp3) is 0.300. The van der Waals surface area contributed by atoms with Gasteiger partial charge in [-0.1, -0.05) is 18.2 Å². The number of amides is 1. The van der Waals surface area contributed by atoms with Gasteiger partial charge in [0.25, 0.3) is 5.91 Å². The van der Waals surface area contributed by atoms with Crippen LogP contribution in [0, 0.1) is 6.92 Å². The van der Waals surface area contributed by atoms with E-state index in [9.17, 15) is 4.79 Å². The minimum absolute atomic E-state index is 0.0673. The van der Waals surface area contributed by atoms with Crippen molar-refractivity contribution in [1.82, 2.24) is 15.3 Å². The van der Waals surface area contributed by atoms with Crippen molar-refractivity contribution in [1.29, 1.82) is 0 Å². The summed E-state index contributed by atoms with van der Waals surface area (Å²) in [6.45, 7) is 3.43. The molecule has 5 nitrogen and oxygen atoms in total. The van der Waals surface area contributed by atoms with Crippen LogP contribution in [0.15, 0.2) is 42.5 Å². The molecule has 2 heterocycles. The molecule has 5 heteroatoms. The molecule has 4 rings (SSSR count). The maximum atomic E-state index is 12.2. The van der Waals surface area contributed by atoms with E-state index in [1.165, 1.54) is 5.56 Å². The predicted molar refractivity (Wildman–Crippen MR) is 97.6 cm³/mol. The van der Waals surface area contributed by atoms with E-state index in [2.05, 4.69) is 34.3 Å². The van der Waals surface area contributed by atoms with Crippen LogP contribution in [-0.4, -0.2) is 35.1 Å². The molecule has 1 aliphatic heterocycles. The Morgan fingerprint density at radius 2 is 2.12 bits per heavy atom. The number of rotatable bonds is 4. The molecular formula is C20H21N3O2. The van der Waals surface area contributed by atoms with Crippen LogP contribution in [0.3, 0.4) is 0 Å². The van der Waals surface area contributed by atoms with Crippen LogP contribution in [0.5, 0.6) is 0 Å². The zero-order chi connectivity index (χ0) is 17.2. The molecule has 128 valence electrons. The third-order valence-corrected chi connectivity index (χ3v) is 4.57. The first kappa shape index (κ1) is 15.8. The number of carbonyl (C=O) groups excluding carboxylic acids is 1. The zero-order valence-corrected chi connectivity index (χ0v) is 14.2. The summed E-state index contributed by atoms with van der Waals surface area (Å²) in [7, 11) is 0. The molecule has 2 aromatic carbocycles. The molecule has 0 bridgehead atoms. The van der Waals surface area contributed by atoms with Crippen LogP contribution in [0.2, 0.25) is 0 Å². The Kier molecular flexibility index (Phi) is 4.24. The molecule has 1 fully saturated rings. The average molecular weight is 335 g/mol. The highest BCUT2D eigenvalue weighted by atomic mass is 16.5. The second kappa shape index (κ2) is 6.69. The Balaban J connectivity index is 1.47. The summed E-state index contributed by atoms with van der Waals surface area (Å²) in [5.41, 5.74) is 4.77. The molecule has 0 radical (unpaired) electrons. The number of fused-ring (bicyclic) bond motifs is 1. The van der Waals surface area contributed by atoms with E-state index in [0.717, 1.165) is 41.9 Å². The first-order chi connectivity index (χ1) is 12.2. The maximum Gasteiger partial charge on any atom is 0.251 e. The third-order valence-electron chi connectivity index (χ3n) is 4.57. The standard InChI is InChI=1S/C20H21N3O2/c1-13-4-9-17-18(11-13)23-19(22-17)14-5-7-15(8-6-14)20(24)21-12-16-3-2-10-25-16/h4-9,11,16H,2-3,10,12H2,1H3,(H,21,24)(H,22,23)/t16-/m1/s1. The zero-order valence-electron chi connectivity index (χ0n) is 14.2. The van der Waals surface area contributed by atoms with Crippen LogP contribution in [0.4, 0.5) is 0 Å². The lowest BCUT2D eigenvalue weighted by Gasteiger charge is -2.10. The predicted octanol–water partition coefficient (Wildman–Crippen LogP) is 3.45. The molecule has 0 aliphatic carbocycles. The molecule has 1 atom stereocenters. The lowest BCUT2D eigenvalue weighted by atomic mass is 10.1. The van der Waals surface area contributed by atoms with Gasteiger partial charge in [0.1, 0.15) is 5.82 Å². The summed E-state index contributed by atoms with van der Waals surface area (Å²) in [6, 6.07) is 13.7. The SMILES string of the molecule is Cc1ccc2nc(-c3ccc(C(=O)NC[C@H]4CCCO4)cc3)[nH]c2c1. The van der Waals surface area contributed by atoms with Crippen molar-refractivity contribution < 1.29 is 9.53 Å². The summed E-state index contributed by atoms with van der Waals surface area (Å²) in [5.74, 6) is 0.745. The lowest BCUT2D eigenvalue weighted by molar-refractivity contribution is 0.0858. The Morgan fingerprint density at radius 1 is 1.28 bits per heavy atom. The summed E-state index contributed by atoms with van der Waals surface area (Å²) in [6.07, 6.45) is 2.25. The van der Waals surface area contributed by atoms with Gasteiger partial charge in [-0.3, -0.25) is 4.79 Å². The van der Waals surface area contributed by atoms with Crippen LogP contribution in [-0.2, 0) is 4.74 Å². The van der Waals surface area contributed by atoms with Crippen molar-refractivity contribution in [2.24, 2.45) is 0 Å². The van der Waals surface area contributed by atoms with Gasteiger partial charge in [0.15, 0.2) is 0 Å². The van der Waals surface area contributed by atoms with Gasteiger partial charge in [0.2, 0.25) is 0 Å². The maximum absolute atomic E-state index is 12.2. The molecule has 1 saturated heterocycles. The summed E-state index contributed by atoms with van der Waals surface area (Å²) < 4.78 is 5.53. The summed E-state index contributed by atoms with van der Waals surface area (Å²) >= 11 is 0. The molecule has 1 aromatic heterocycles. The average Bonchev–Trinajstić information content (AvgIpc) is 3.29. The van der Waals surface area contributed by atoms with Crippen LogP contribution in [0.25, 0.3) is 22.4 Å². The number of aromatic amines is 1. The van der Waals surface area contributed by atoms with E-state index in [0.29, 0.717) is 12.1 Å². The topological polar surface area (TPSA) is 67.0 Å². The Labute approximate surface area is 146 Å². The molecule has 0 spiro atoms. The second-order valence-corrected chi connectivity index (χ2v) is 6.53. The lowest BCUT2D eigenvalue weighted by Crippen LogP contribution is -2.31. The van der Waals surface area contributed by atoms with Crippen LogP contribution in [0.1, 0.15) is 28.8 Å². The van der Waals surface area contributed by atoms with Crippen LogP contribution < -0.4 is 5.32 Å². The molecule has 1 amide bonds. The summed E-state index contributed by atoms with van der Waals surface area (Å²) in [5, 5.41) is 2.94. The number of H-pyrrole nitrogens is 1. The number of hydrogen-bond acceptors (Lipinski definition) is 3. The van der Waals surface area contributed by atoms with Crippen LogP contribution >= 0.6 is 0 Å². The number of benzene rings is 2. The first-order valence-corrected chi connectivity index (χ1v) is 8.66. The first-order valence-electron chi connectivity index (χ1n) is 8.66. The van der Waals surface area contributed by atoms with Gasteiger partial charge in [-0.05, 0) is 49.6 Å². The fourth-order valence-corrected chi connectivity index (χ4v) is 3.15. The Hall–Kier alpha value is -2.66. The fourth-order valence-electron chi connectivity index (χ4n) is 3.15. The van der Waals surface area contributed by atoms with Gasteiger partial charge in [-0.15, -0.1) is 0 Å². The van der Waals surface area contributed by atoms with Gasteiger partial charge >= 0.3 is 0 Å². The molecular weight excluding hydrogens is 314 g/mol. The number of carbonyl (C=O) groups is 1. The molecule has 1 aliphatic rings. The highest BCUT2D eigenvalue weighted by molar-refractivity contribution is 5.94. The Morgan fingerprint density at radius 3 is 2.88 bits per heavy atom. The van der Waals surface area contributed by atoms with Gasteiger partial charge in [0.05, 0.1) is 17.1 Å². The van der Waals surface area contributed by atoms with Gasteiger partial charge in [-0.25, -0.2) is 4.98 Å². The monoisotopic (exact) mass is 335 g/mol. The number of nitrogens with zero attached hydrogens (tertiary/aromatic N) is 1. The quantitative estimate of drug-likeness (QED) is 0.767. The molecule has 2 N–H and O–H groups in total. The van der Waals surface area contributed by atoms with E-state index in [4.69, 9.17) is 4.74 Å². The minimum atomic E-state index is -0.0673. The minimum Gasteiger partial charge on any atom is -0.376 e. The van der Waals surface area contributed by atoms with Crippen molar-refractivity contribution in [3.05, 3.63) is 53.6 Å². The Bertz CT molecular complexity index is 893. The number of ether oxygens (including phenoxy) is 1. The van der Waals surface area contributed by atoms with Gasteiger partial charge in [0, 0.05) is 24.3 Å². The van der Waals surface area contributed by atoms with E-state index < -0.39 is 0 Å². The normalized spacial score (nSPS) is 17.1. The molecule has 0 saturated carbocycles. The van der Waals surface area contributed by atoms with Crippen molar-refractivity contribution in [3.8, 4) is 11.4 Å². The largest absolute Gasteiger partial charge is 0.376 e. The molecule has 0 unspecified atom stereocenters. The number of hydrogen-bond donors (Lipinski definition) is 2. The van der Waals surface area contributed by atoms with Gasteiger partial charge < -0.3 is 15.0 Å². The third kappa shape index (κ3) is 3.42. The summed E-state index contributed by atoms with van der Waals surface area (Å²) in [4.78, 5) is 20.2. The highest BCUT2D eigenvalue weighted by Crippen LogP contribution is 2.21. The highest BCUT2D eigenvalue weighted by Gasteiger charge is 2.16. The van der Waals surface area contributed by atoms with Crippen molar-refractivity contribution >= 4 is 16.9 Å².